The van der Waals surface area contributed by atoms with E-state index in [1.807, 2.05) is 35.2 Å². The quantitative estimate of drug-likeness (QED) is 0.343. The van der Waals surface area contributed by atoms with Crippen LogP contribution in [0.2, 0.25) is 0 Å². The predicted molar refractivity (Wildman–Crippen MR) is 156 cm³/mol. The smallest absolute Gasteiger partial charge is 0.308 e. The van der Waals surface area contributed by atoms with Crippen LogP contribution in [0.1, 0.15) is 61.6 Å². The molecule has 0 spiro atoms. The van der Waals surface area contributed by atoms with E-state index >= 15 is 0 Å². The molecule has 218 valence electrons. The Kier molecular flexibility index (Phi) is 10.8. The lowest BCUT2D eigenvalue weighted by molar-refractivity contribution is -0.143. The van der Waals surface area contributed by atoms with Crippen LogP contribution in [0.5, 0.6) is 11.5 Å². The zero-order chi connectivity index (χ0) is 28.5. The van der Waals surface area contributed by atoms with E-state index in [0.29, 0.717) is 39.2 Å². The normalized spacial score (nSPS) is 20.2. The van der Waals surface area contributed by atoms with Crippen molar-refractivity contribution in [2.24, 2.45) is 11.7 Å². The van der Waals surface area contributed by atoms with E-state index in [9.17, 15) is 14.7 Å². The van der Waals surface area contributed by atoms with Gasteiger partial charge in [0, 0.05) is 38.0 Å². The Morgan fingerprint density at radius 1 is 1.15 bits per heavy atom. The minimum absolute atomic E-state index is 0.0590. The number of carboxylic acid groups (broad SMARTS) is 1. The Morgan fingerprint density at radius 3 is 2.70 bits per heavy atom. The van der Waals surface area contributed by atoms with Gasteiger partial charge < -0.3 is 25.2 Å². The van der Waals surface area contributed by atoms with Crippen molar-refractivity contribution < 1.29 is 24.2 Å². The molecule has 2 aliphatic heterocycles. The minimum atomic E-state index is -0.801. The molecule has 8 heteroatoms. The van der Waals surface area contributed by atoms with E-state index in [-0.39, 0.29) is 24.4 Å². The number of ether oxygens (including phenoxy) is 2. The van der Waals surface area contributed by atoms with Gasteiger partial charge in [-0.3, -0.25) is 14.5 Å². The van der Waals surface area contributed by atoms with Crippen LogP contribution in [0.25, 0.3) is 0 Å². The summed E-state index contributed by atoms with van der Waals surface area (Å²) in [6, 6.07) is 13.8. The number of rotatable bonds is 15. The maximum absolute atomic E-state index is 13.6. The molecule has 4 rings (SSSR count). The number of carbonyl (C=O) groups excluding carboxylic acids is 1. The summed E-state index contributed by atoms with van der Waals surface area (Å²) in [6.45, 7) is 5.43. The number of amides is 1. The summed E-state index contributed by atoms with van der Waals surface area (Å²) in [4.78, 5) is 30.5. The highest BCUT2D eigenvalue weighted by atomic mass is 16.5. The molecule has 2 heterocycles. The number of fused-ring (bicyclic) bond motifs is 1. The number of aliphatic carboxylic acids is 1. The van der Waals surface area contributed by atoms with Crippen molar-refractivity contribution in [1.29, 1.82) is 0 Å². The highest BCUT2D eigenvalue weighted by molar-refractivity contribution is 5.79. The number of aryl methyl sites for hydroxylation is 1. The SMILES string of the molecule is CCCCN(CCCN)C(=O)CN1C[C@H](c2ccc3c(c2)CCO3)C(C(=O)O)[C@@H]1CCCc1ccccc1OC. The summed E-state index contributed by atoms with van der Waals surface area (Å²) in [5.74, 6) is 0.203. The molecule has 3 N–H and O–H groups in total. The first kappa shape index (κ1) is 29.9. The van der Waals surface area contributed by atoms with Crippen molar-refractivity contribution in [3.05, 3.63) is 59.2 Å². The molecule has 2 aliphatic rings. The van der Waals surface area contributed by atoms with E-state index in [1.165, 1.54) is 0 Å². The van der Waals surface area contributed by atoms with Crippen molar-refractivity contribution >= 4 is 11.9 Å². The van der Waals surface area contributed by atoms with Crippen LogP contribution in [0.3, 0.4) is 0 Å². The summed E-state index contributed by atoms with van der Waals surface area (Å²) in [6.07, 6.45) is 5.82. The van der Waals surface area contributed by atoms with E-state index in [2.05, 4.69) is 24.0 Å². The van der Waals surface area contributed by atoms with Crippen molar-refractivity contribution in [2.45, 2.75) is 63.8 Å². The second-order valence-electron chi connectivity index (χ2n) is 11.0. The summed E-state index contributed by atoms with van der Waals surface area (Å²) in [7, 11) is 1.67. The lowest BCUT2D eigenvalue weighted by Gasteiger charge is -2.30. The fourth-order valence-corrected chi connectivity index (χ4v) is 6.30. The first-order valence-electron chi connectivity index (χ1n) is 14.8. The van der Waals surface area contributed by atoms with Crippen molar-refractivity contribution in [1.82, 2.24) is 9.80 Å². The molecule has 1 saturated heterocycles. The maximum atomic E-state index is 13.6. The zero-order valence-electron chi connectivity index (χ0n) is 24.0. The van der Waals surface area contributed by atoms with Gasteiger partial charge in [-0.05, 0) is 67.5 Å². The zero-order valence-corrected chi connectivity index (χ0v) is 24.0. The van der Waals surface area contributed by atoms with Gasteiger partial charge in [-0.1, -0.05) is 43.7 Å². The molecule has 0 aliphatic carbocycles. The second-order valence-corrected chi connectivity index (χ2v) is 11.0. The number of para-hydroxylation sites is 1. The Balaban J connectivity index is 1.57. The molecular weight excluding hydrogens is 506 g/mol. The van der Waals surface area contributed by atoms with Crippen molar-refractivity contribution in [3.63, 3.8) is 0 Å². The molecule has 0 bridgehead atoms. The van der Waals surface area contributed by atoms with Gasteiger partial charge in [0.1, 0.15) is 11.5 Å². The Labute approximate surface area is 238 Å². The van der Waals surface area contributed by atoms with E-state index in [1.54, 1.807) is 7.11 Å². The summed E-state index contributed by atoms with van der Waals surface area (Å²) >= 11 is 0. The van der Waals surface area contributed by atoms with E-state index in [4.69, 9.17) is 15.2 Å². The third-order valence-corrected chi connectivity index (χ3v) is 8.42. The average Bonchev–Trinajstić information content (AvgIpc) is 3.57. The number of nitrogens with two attached hydrogens (primary N) is 1. The van der Waals surface area contributed by atoms with Crippen LogP contribution in [-0.4, -0.2) is 79.3 Å². The number of hydrogen-bond acceptors (Lipinski definition) is 6. The molecule has 2 aromatic rings. The topological polar surface area (TPSA) is 105 Å². The fourth-order valence-electron chi connectivity index (χ4n) is 6.30. The highest BCUT2D eigenvalue weighted by Crippen LogP contribution is 2.41. The Hall–Kier alpha value is -3.10. The number of nitrogens with zero attached hydrogens (tertiary/aromatic N) is 2. The van der Waals surface area contributed by atoms with Gasteiger partial charge in [-0.25, -0.2) is 0 Å². The highest BCUT2D eigenvalue weighted by Gasteiger charge is 2.47. The fraction of sp³-hybridized carbons (Fsp3) is 0.562. The number of carbonyl (C=O) groups is 2. The van der Waals surface area contributed by atoms with Gasteiger partial charge in [-0.15, -0.1) is 0 Å². The van der Waals surface area contributed by atoms with Gasteiger partial charge in [-0.2, -0.15) is 0 Å². The van der Waals surface area contributed by atoms with Crippen LogP contribution in [0.15, 0.2) is 42.5 Å². The van der Waals surface area contributed by atoms with Gasteiger partial charge in [0.25, 0.3) is 0 Å². The van der Waals surface area contributed by atoms with Crippen LogP contribution in [-0.2, 0) is 22.4 Å². The number of hydrogen-bond donors (Lipinski definition) is 2. The van der Waals surface area contributed by atoms with Gasteiger partial charge >= 0.3 is 5.97 Å². The van der Waals surface area contributed by atoms with Crippen molar-refractivity contribution in [2.75, 3.05) is 46.4 Å². The first-order chi connectivity index (χ1) is 19.5. The number of benzene rings is 2. The van der Waals surface area contributed by atoms with Crippen LogP contribution in [0, 0.1) is 5.92 Å². The Morgan fingerprint density at radius 2 is 1.95 bits per heavy atom. The lowest BCUT2D eigenvalue weighted by Crippen LogP contribution is -2.45. The summed E-state index contributed by atoms with van der Waals surface area (Å²) < 4.78 is 11.2. The molecule has 40 heavy (non-hydrogen) atoms. The number of carboxylic acids is 1. The molecule has 0 radical (unpaired) electrons. The molecule has 0 saturated carbocycles. The maximum Gasteiger partial charge on any atom is 0.308 e. The summed E-state index contributed by atoms with van der Waals surface area (Å²) in [5, 5.41) is 10.5. The van der Waals surface area contributed by atoms with E-state index < -0.39 is 11.9 Å². The standard InChI is InChI=1S/C32H45N3O5/c1-3-4-17-34(18-8-16-33)30(36)22-35-21-26(24-13-14-29-25(20-24)15-19-40-29)31(32(37)38)27(35)11-7-10-23-9-5-6-12-28(23)39-2/h5-6,9,12-14,20,26-27,31H,3-4,7-8,10-11,15-19,21-22,33H2,1-2H3,(H,37,38)/t26-,27+,31?/m1/s1. The predicted octanol–water partition coefficient (Wildman–Crippen LogP) is 4.10. The molecule has 8 nitrogen and oxygen atoms in total. The van der Waals surface area contributed by atoms with Gasteiger partial charge in [0.05, 0.1) is 26.2 Å². The molecule has 1 amide bonds. The van der Waals surface area contributed by atoms with Crippen LogP contribution < -0.4 is 15.2 Å². The lowest BCUT2D eigenvalue weighted by atomic mass is 9.83. The Bertz CT molecular complexity index is 1130. The number of unbranched alkanes of at least 4 members (excludes halogenated alkanes) is 1. The molecule has 3 atom stereocenters. The third kappa shape index (κ3) is 7.15. The largest absolute Gasteiger partial charge is 0.496 e. The van der Waals surface area contributed by atoms with Crippen LogP contribution in [0.4, 0.5) is 0 Å². The molecule has 1 fully saturated rings. The van der Waals surface area contributed by atoms with Crippen LogP contribution >= 0.6 is 0 Å². The van der Waals surface area contributed by atoms with E-state index in [0.717, 1.165) is 66.7 Å². The second kappa shape index (κ2) is 14.5. The number of methoxy groups -OCH3 is 1. The first-order valence-corrected chi connectivity index (χ1v) is 14.8. The average molecular weight is 552 g/mol. The number of likely N-dealkylation sites (tertiary alicyclic amines) is 1. The molecule has 2 aromatic carbocycles. The van der Waals surface area contributed by atoms with Gasteiger partial charge in [0.2, 0.25) is 5.91 Å². The van der Waals surface area contributed by atoms with Gasteiger partial charge in [0.15, 0.2) is 0 Å². The molecular formula is C32H45N3O5. The monoisotopic (exact) mass is 551 g/mol. The van der Waals surface area contributed by atoms with Crippen molar-refractivity contribution in [3.8, 4) is 11.5 Å². The minimum Gasteiger partial charge on any atom is -0.496 e. The summed E-state index contributed by atoms with van der Waals surface area (Å²) in [5.41, 5.74) is 9.02. The third-order valence-electron chi connectivity index (χ3n) is 8.42. The molecule has 1 unspecified atom stereocenters. The molecule has 0 aromatic heterocycles.